The molecule has 0 aliphatic heterocycles. The molecule has 1 heterocycles. The van der Waals surface area contributed by atoms with Gasteiger partial charge < -0.3 is 0 Å². The van der Waals surface area contributed by atoms with Gasteiger partial charge in [0.15, 0.2) is 0 Å². The maximum Gasteiger partial charge on any atom is 2.00 e. The first-order valence-corrected chi connectivity index (χ1v) is 8.99. The third kappa shape index (κ3) is 8.77. The van der Waals surface area contributed by atoms with Crippen LogP contribution < -0.4 is 5.43 Å². The van der Waals surface area contributed by atoms with E-state index in [9.17, 15) is 4.79 Å². The zero-order valence-electron chi connectivity index (χ0n) is 16.3. The molecule has 0 spiro atoms. The molecule has 4 aliphatic carbocycles. The Hall–Kier alpha value is -0.151. The van der Waals surface area contributed by atoms with Crippen LogP contribution in [0, 0.1) is 127 Å². The predicted molar refractivity (Wildman–Crippen MR) is 109 cm³/mol. The second-order valence-electron chi connectivity index (χ2n) is 5.99. The van der Waals surface area contributed by atoms with Crippen molar-refractivity contribution in [2.24, 2.45) is 7.05 Å². The molecule has 30 heavy (non-hydrogen) atoms. The fourth-order valence-electron chi connectivity index (χ4n) is 2.60. The van der Waals surface area contributed by atoms with Crippen molar-refractivity contribution in [1.29, 1.82) is 0 Å². The number of rotatable bonds is 2. The van der Waals surface area contributed by atoms with Gasteiger partial charge in [0.25, 0.3) is 0 Å². The summed E-state index contributed by atoms with van der Waals surface area (Å²) in [6.45, 7) is 0. The van der Waals surface area contributed by atoms with E-state index >= 15 is 0 Å². The number of hydrogen-bond donors (Lipinski definition) is 0. The first kappa shape index (κ1) is 27.9. The van der Waals surface area contributed by atoms with Gasteiger partial charge in [0, 0.05) is 18.9 Å². The molecular weight excluding hydrogens is 458 g/mol. The Bertz CT molecular complexity index is 564. The van der Waals surface area contributed by atoms with E-state index in [0.29, 0.717) is 11.4 Å². The van der Waals surface area contributed by atoms with Gasteiger partial charge in [-0.15, -0.1) is 0 Å². The van der Waals surface area contributed by atoms with Crippen LogP contribution >= 0.6 is 0 Å². The van der Waals surface area contributed by atoms with Crippen LogP contribution in [-0.2, 0) is 41.2 Å². The largest absolute Gasteiger partial charge is 2.00 e. The maximum absolute atomic E-state index is 12.4. The average Bonchev–Trinajstić information content (AvgIpc) is 3.55. The minimum Gasteiger partial charge on any atom is -0.286 e. The Kier molecular flexibility index (Phi) is 14.5. The van der Waals surface area contributed by atoms with Gasteiger partial charge in [-0.05, 0) is 116 Å². The van der Waals surface area contributed by atoms with Crippen molar-refractivity contribution in [2.45, 2.75) is 0 Å². The Morgan fingerprint density at radius 2 is 0.800 bits per heavy atom. The van der Waals surface area contributed by atoms with Crippen molar-refractivity contribution >= 4 is 0 Å². The summed E-state index contributed by atoms with van der Waals surface area (Å²) in [6.07, 6.45) is 35.0. The van der Waals surface area contributed by atoms with E-state index in [2.05, 4.69) is 10.2 Å². The summed E-state index contributed by atoms with van der Waals surface area (Å²) in [6, 6.07) is 0. The van der Waals surface area contributed by atoms with E-state index in [-0.39, 0.29) is 39.6 Å². The fraction of sp³-hybridized carbons (Fsp3) is 0.0417. The molecule has 4 aliphatic rings. The van der Waals surface area contributed by atoms with Gasteiger partial charge in [-0.25, -0.2) is 0 Å². The molecule has 1 aromatic heterocycles. The molecule has 20 radical (unpaired) electrons. The van der Waals surface area contributed by atoms with Crippen molar-refractivity contribution in [3.05, 3.63) is 149 Å². The molecule has 0 unspecified atom stereocenters. The van der Waals surface area contributed by atoms with Crippen LogP contribution in [-0.4, -0.2) is 15.0 Å². The number of aromatic nitrogens is 3. The quantitative estimate of drug-likeness (QED) is 0.614. The van der Waals surface area contributed by atoms with Crippen LogP contribution in [0.25, 0.3) is 0 Å². The Balaban J connectivity index is 0.000000310. The molecule has 0 N–H and O–H groups in total. The smallest absolute Gasteiger partial charge is 0.286 e. The van der Waals surface area contributed by atoms with Crippen molar-refractivity contribution in [1.82, 2.24) is 15.0 Å². The van der Waals surface area contributed by atoms with Gasteiger partial charge >= 0.3 is 34.1 Å². The first-order valence-electron chi connectivity index (χ1n) is 8.99. The molecule has 4 fully saturated rings. The summed E-state index contributed by atoms with van der Waals surface area (Å²) in [4.78, 5) is 13.8. The molecule has 0 bridgehead atoms. The van der Waals surface area contributed by atoms with Gasteiger partial charge in [-0.3, -0.25) is 4.79 Å². The van der Waals surface area contributed by atoms with Crippen LogP contribution in [0.3, 0.4) is 0 Å². The standard InChI is InChI=1S/C14H11N3O.2C5H5.2Fe/c1-17-15-12(10-6-2-3-7-10)14(18)13(16-17)11-8-4-5-9-11;2*1-2-4-5-3-1;;/h2-9H,1H3;2*1-5H;;/q;;;2*+2. The number of hydrogen-bond acceptors (Lipinski definition) is 3. The molecule has 6 heteroatoms. The summed E-state index contributed by atoms with van der Waals surface area (Å²) in [7, 11) is 1.72. The first-order chi connectivity index (χ1) is 13.8. The number of nitrogens with zero attached hydrogens (tertiary/aromatic N) is 3. The third-order valence-electron chi connectivity index (χ3n) is 3.90. The normalized spacial score (nSPS) is 21.1. The summed E-state index contributed by atoms with van der Waals surface area (Å²) in [5.74, 6) is 1.65. The predicted octanol–water partition coefficient (Wildman–Crippen LogP) is 2.72. The Morgan fingerprint density at radius 3 is 1.07 bits per heavy atom. The SMILES string of the molecule is Cn1nc([C]2[CH][CH][CH][CH]2)c(=O)c([C]2[CH][CH][CH][CH]2)n1.[CH]1[CH][CH][CH][CH]1.[CH]1[CH][CH][CH][CH]1.[Fe+2].[Fe+2]. The van der Waals surface area contributed by atoms with E-state index in [4.69, 9.17) is 0 Å². The zero-order valence-corrected chi connectivity index (χ0v) is 18.6. The van der Waals surface area contributed by atoms with Gasteiger partial charge in [-0.1, -0.05) is 0 Å². The molecule has 150 valence electrons. The summed E-state index contributed by atoms with van der Waals surface area (Å²) in [5.41, 5.74) is 0.743. The van der Waals surface area contributed by atoms with E-state index in [1.807, 2.05) is 116 Å². The zero-order chi connectivity index (χ0) is 19.6. The molecule has 0 amide bonds. The van der Waals surface area contributed by atoms with Gasteiger partial charge in [0.05, 0.1) is 0 Å². The van der Waals surface area contributed by atoms with Crippen molar-refractivity contribution in [2.75, 3.05) is 0 Å². The van der Waals surface area contributed by atoms with Gasteiger partial charge in [0.2, 0.25) is 5.43 Å². The molecular formula is C24H21Fe2N3O+4. The minimum absolute atomic E-state index is 0. The van der Waals surface area contributed by atoms with Crippen LogP contribution in [0.5, 0.6) is 0 Å². The summed E-state index contributed by atoms with van der Waals surface area (Å²) >= 11 is 0. The molecule has 5 rings (SSSR count). The Morgan fingerprint density at radius 1 is 0.533 bits per heavy atom. The second kappa shape index (κ2) is 15.6. The van der Waals surface area contributed by atoms with Crippen molar-refractivity contribution in [3.63, 3.8) is 0 Å². The Labute approximate surface area is 204 Å². The van der Waals surface area contributed by atoms with E-state index in [1.165, 1.54) is 4.80 Å². The average molecular weight is 479 g/mol. The second-order valence-corrected chi connectivity index (χ2v) is 5.99. The third-order valence-corrected chi connectivity index (χ3v) is 3.90. The monoisotopic (exact) mass is 479 g/mol. The van der Waals surface area contributed by atoms with Crippen LogP contribution in [0.2, 0.25) is 0 Å². The van der Waals surface area contributed by atoms with Gasteiger partial charge in [0.1, 0.15) is 11.4 Å². The fourth-order valence-corrected chi connectivity index (χ4v) is 2.60. The van der Waals surface area contributed by atoms with E-state index in [1.54, 1.807) is 7.05 Å². The topological polar surface area (TPSA) is 47.8 Å². The molecule has 0 saturated heterocycles. The van der Waals surface area contributed by atoms with E-state index < -0.39 is 0 Å². The van der Waals surface area contributed by atoms with Crippen molar-refractivity contribution in [3.8, 4) is 0 Å². The maximum atomic E-state index is 12.4. The minimum atomic E-state index is -0.134. The van der Waals surface area contributed by atoms with Crippen LogP contribution in [0.15, 0.2) is 4.79 Å². The summed E-state index contributed by atoms with van der Waals surface area (Å²) in [5, 5.41) is 8.36. The number of aryl methyl sites for hydroxylation is 1. The molecule has 1 aromatic rings. The molecule has 4 saturated carbocycles. The van der Waals surface area contributed by atoms with Gasteiger partial charge in [-0.2, -0.15) is 15.0 Å². The molecule has 4 nitrogen and oxygen atoms in total. The summed E-state index contributed by atoms with van der Waals surface area (Å²) < 4.78 is 0. The van der Waals surface area contributed by atoms with Crippen LogP contribution in [0.4, 0.5) is 0 Å². The van der Waals surface area contributed by atoms with Crippen molar-refractivity contribution < 1.29 is 34.1 Å². The van der Waals surface area contributed by atoms with Crippen LogP contribution in [0.1, 0.15) is 11.4 Å². The molecule has 0 atom stereocenters. The van der Waals surface area contributed by atoms with E-state index in [0.717, 1.165) is 11.8 Å². The molecule has 0 aromatic carbocycles.